The minimum atomic E-state index is -3.52. The van der Waals surface area contributed by atoms with Gasteiger partial charge in [-0.1, -0.05) is 48.5 Å². The first-order valence-electron chi connectivity index (χ1n) is 14.4. The van der Waals surface area contributed by atoms with Crippen LogP contribution >= 0.6 is 11.3 Å². The molecule has 0 bridgehead atoms. The van der Waals surface area contributed by atoms with Crippen molar-refractivity contribution in [2.24, 2.45) is 5.92 Å². The number of likely N-dealkylation sites (tertiary alicyclic amines) is 1. The first-order valence-corrected chi connectivity index (χ1v) is 16.9. The Hall–Kier alpha value is -3.01. The number of rotatable bonds is 9. The lowest BCUT2D eigenvalue weighted by Gasteiger charge is -2.44. The van der Waals surface area contributed by atoms with Gasteiger partial charge in [-0.3, -0.25) is 9.59 Å². The van der Waals surface area contributed by atoms with E-state index < -0.39 is 15.9 Å². The Kier molecular flexibility index (Phi) is 8.97. The van der Waals surface area contributed by atoms with E-state index in [1.54, 1.807) is 24.3 Å². The third-order valence-electron chi connectivity index (χ3n) is 8.72. The molecule has 2 heterocycles. The predicted octanol–water partition coefficient (Wildman–Crippen LogP) is 5.10. The summed E-state index contributed by atoms with van der Waals surface area (Å²) < 4.78 is 26.9. The zero-order valence-corrected chi connectivity index (χ0v) is 25.5. The highest BCUT2D eigenvalue weighted by Crippen LogP contribution is 2.36. The minimum Gasteiger partial charge on any atom is -0.339 e. The molecule has 1 aliphatic heterocycles. The summed E-state index contributed by atoms with van der Waals surface area (Å²) in [5, 5.41) is 4.92. The van der Waals surface area contributed by atoms with Crippen molar-refractivity contribution in [3.05, 3.63) is 77.0 Å². The normalized spacial score (nSPS) is 23.3. The van der Waals surface area contributed by atoms with Crippen molar-refractivity contribution in [3.63, 3.8) is 0 Å². The van der Waals surface area contributed by atoms with Crippen LogP contribution in [0, 0.1) is 5.92 Å². The van der Waals surface area contributed by atoms with Gasteiger partial charge in [-0.25, -0.2) is 8.42 Å². The molecule has 0 unspecified atom stereocenters. The van der Waals surface area contributed by atoms with Crippen LogP contribution < -0.4 is 5.32 Å². The number of hydrogen-bond donors (Lipinski definition) is 1. The maximum atomic E-state index is 13.7. The number of carbonyl (C=O) groups excluding carboxylic acids is 2. The van der Waals surface area contributed by atoms with Gasteiger partial charge >= 0.3 is 0 Å². The van der Waals surface area contributed by atoms with Gasteiger partial charge in [-0.05, 0) is 87.2 Å². The van der Waals surface area contributed by atoms with Crippen molar-refractivity contribution < 1.29 is 18.0 Å². The fourth-order valence-electron chi connectivity index (χ4n) is 6.24. The van der Waals surface area contributed by atoms with Crippen LogP contribution in [-0.2, 0) is 14.6 Å². The van der Waals surface area contributed by atoms with Crippen molar-refractivity contribution >= 4 is 33.0 Å². The Bertz CT molecular complexity index is 1460. The molecule has 2 aromatic carbocycles. The van der Waals surface area contributed by atoms with Crippen molar-refractivity contribution in [3.8, 4) is 11.1 Å². The molecular weight excluding hydrogens is 555 g/mol. The Labute approximate surface area is 247 Å². The largest absolute Gasteiger partial charge is 0.339 e. The first kappa shape index (κ1) is 29.5. The summed E-state index contributed by atoms with van der Waals surface area (Å²) in [5.74, 6) is -0.546. The van der Waals surface area contributed by atoms with Gasteiger partial charge in [0.2, 0.25) is 5.91 Å². The first-order chi connectivity index (χ1) is 19.6. The predicted molar refractivity (Wildman–Crippen MR) is 164 cm³/mol. The van der Waals surface area contributed by atoms with Crippen molar-refractivity contribution in [2.45, 2.75) is 68.6 Å². The molecule has 1 N–H and O–H groups in total. The Morgan fingerprint density at radius 2 is 1.71 bits per heavy atom. The number of nitrogens with one attached hydrogen (secondary N) is 1. The lowest BCUT2D eigenvalue weighted by Crippen LogP contribution is -2.53. The molecule has 1 aromatic heterocycles. The second kappa shape index (κ2) is 12.5. The Morgan fingerprint density at radius 1 is 1.02 bits per heavy atom. The maximum absolute atomic E-state index is 13.7. The van der Waals surface area contributed by atoms with E-state index in [-0.39, 0.29) is 35.6 Å². The van der Waals surface area contributed by atoms with Gasteiger partial charge in [0.1, 0.15) is 6.04 Å². The Morgan fingerprint density at radius 3 is 2.39 bits per heavy atom. The summed E-state index contributed by atoms with van der Waals surface area (Å²) in [6.07, 6.45) is 2.88. The third kappa shape index (κ3) is 6.58. The topological polar surface area (TPSA) is 86.8 Å². The number of nitrogens with zero attached hydrogens (tertiary/aromatic N) is 2. The van der Waals surface area contributed by atoms with Gasteiger partial charge in [0, 0.05) is 24.7 Å². The summed E-state index contributed by atoms with van der Waals surface area (Å²) in [6.45, 7) is 4.81. The van der Waals surface area contributed by atoms with Crippen LogP contribution in [0.15, 0.2) is 77.0 Å². The second-order valence-corrected chi connectivity index (χ2v) is 14.5. The van der Waals surface area contributed by atoms with Gasteiger partial charge in [0.15, 0.2) is 9.84 Å². The number of sulfone groups is 1. The van der Waals surface area contributed by atoms with E-state index in [0.29, 0.717) is 35.2 Å². The van der Waals surface area contributed by atoms with Gasteiger partial charge in [0.05, 0.1) is 15.5 Å². The minimum absolute atomic E-state index is 0.00236. The SMILES string of the molecule is CC(C)N(C)[C@@H]1CC[C@H](N2CC[C@H](NC(=O)c3cc(-c4ccccc4)cs3)C2=O)[C@H](CS(=O)(=O)c2ccccc2)C1. The maximum Gasteiger partial charge on any atom is 0.262 e. The molecule has 2 amide bonds. The van der Waals surface area contributed by atoms with Crippen LogP contribution in [0.25, 0.3) is 11.1 Å². The molecule has 1 saturated carbocycles. The van der Waals surface area contributed by atoms with E-state index >= 15 is 0 Å². The summed E-state index contributed by atoms with van der Waals surface area (Å²) in [7, 11) is -1.43. The molecule has 41 heavy (non-hydrogen) atoms. The molecule has 2 aliphatic rings. The van der Waals surface area contributed by atoms with Gasteiger partial charge in [-0.2, -0.15) is 0 Å². The summed E-state index contributed by atoms with van der Waals surface area (Å²) in [5.41, 5.74) is 2.02. The highest BCUT2D eigenvalue weighted by Gasteiger charge is 2.44. The second-order valence-electron chi connectivity index (χ2n) is 11.6. The average Bonchev–Trinajstić information content (AvgIpc) is 3.61. The molecule has 218 valence electrons. The smallest absolute Gasteiger partial charge is 0.262 e. The highest BCUT2D eigenvalue weighted by atomic mass is 32.2. The van der Waals surface area contributed by atoms with Crippen LogP contribution in [0.1, 0.15) is 49.2 Å². The monoisotopic (exact) mass is 593 g/mol. The molecule has 2 fully saturated rings. The average molecular weight is 594 g/mol. The van der Waals surface area contributed by atoms with Crippen LogP contribution in [0.4, 0.5) is 0 Å². The standard InChI is InChI=1S/C32H39N3O4S2/c1-22(2)34(3)26-14-15-29(25(18-26)21-41(38,39)27-12-8-5-9-13-27)35-17-16-28(32(35)37)33-31(36)30-19-24(20-40-30)23-10-6-4-7-11-23/h4-13,19-20,22,25-26,28-29H,14-18,21H2,1-3H3,(H,33,36)/t25-,26+,28-,29-/m0/s1. The van der Waals surface area contributed by atoms with Gasteiger partial charge in [-0.15, -0.1) is 11.3 Å². The molecule has 0 radical (unpaired) electrons. The molecule has 0 spiro atoms. The Balaban J connectivity index is 1.30. The number of benzene rings is 2. The molecule has 4 atom stereocenters. The van der Waals surface area contributed by atoms with E-state index in [4.69, 9.17) is 0 Å². The van der Waals surface area contributed by atoms with E-state index in [2.05, 4.69) is 31.1 Å². The number of hydrogen-bond acceptors (Lipinski definition) is 6. The quantitative estimate of drug-likeness (QED) is 0.373. The lowest BCUT2D eigenvalue weighted by molar-refractivity contribution is -0.133. The van der Waals surface area contributed by atoms with E-state index in [0.717, 1.165) is 24.0 Å². The van der Waals surface area contributed by atoms with Crippen LogP contribution in [0.5, 0.6) is 0 Å². The van der Waals surface area contributed by atoms with E-state index in [1.807, 2.05) is 52.7 Å². The number of carbonyl (C=O) groups is 2. The molecule has 7 nitrogen and oxygen atoms in total. The number of amides is 2. The van der Waals surface area contributed by atoms with Crippen molar-refractivity contribution in [2.75, 3.05) is 19.3 Å². The molecular formula is C32H39N3O4S2. The van der Waals surface area contributed by atoms with E-state index in [9.17, 15) is 18.0 Å². The van der Waals surface area contributed by atoms with Gasteiger partial charge in [0.25, 0.3) is 5.91 Å². The van der Waals surface area contributed by atoms with Crippen LogP contribution in [-0.4, -0.2) is 73.5 Å². The van der Waals surface area contributed by atoms with Crippen molar-refractivity contribution in [1.82, 2.24) is 15.1 Å². The molecule has 3 aromatic rings. The summed E-state index contributed by atoms with van der Waals surface area (Å²) >= 11 is 1.37. The molecule has 1 saturated heterocycles. The zero-order chi connectivity index (χ0) is 29.1. The van der Waals surface area contributed by atoms with Gasteiger partial charge < -0.3 is 15.1 Å². The van der Waals surface area contributed by atoms with Crippen LogP contribution in [0.2, 0.25) is 0 Å². The highest BCUT2D eigenvalue weighted by molar-refractivity contribution is 7.91. The van der Waals surface area contributed by atoms with Crippen LogP contribution in [0.3, 0.4) is 0 Å². The summed E-state index contributed by atoms with van der Waals surface area (Å²) in [4.78, 5) is 31.8. The van der Waals surface area contributed by atoms with Crippen molar-refractivity contribution in [1.29, 1.82) is 0 Å². The number of thiophene rings is 1. The third-order valence-corrected chi connectivity index (χ3v) is 11.5. The molecule has 5 rings (SSSR count). The fourth-order valence-corrected chi connectivity index (χ4v) is 8.75. The lowest BCUT2D eigenvalue weighted by atomic mass is 9.81. The molecule has 1 aliphatic carbocycles. The zero-order valence-electron chi connectivity index (χ0n) is 23.9. The van der Waals surface area contributed by atoms with E-state index in [1.165, 1.54) is 11.3 Å². The fraction of sp³-hybridized carbons (Fsp3) is 0.438. The summed E-state index contributed by atoms with van der Waals surface area (Å²) in [6, 6.07) is 20.2. The molecule has 9 heteroatoms.